The molecule has 1 aromatic rings. The lowest BCUT2D eigenvalue weighted by molar-refractivity contribution is 0.222. The quantitative estimate of drug-likeness (QED) is 0.892. The lowest BCUT2D eigenvalue weighted by atomic mass is 10.2. The minimum Gasteiger partial charge on any atom is -0.488 e. The second-order valence-corrected chi connectivity index (χ2v) is 4.40. The van der Waals surface area contributed by atoms with E-state index in [9.17, 15) is 0 Å². The highest BCUT2D eigenvalue weighted by molar-refractivity contribution is 9.10. The summed E-state index contributed by atoms with van der Waals surface area (Å²) in [5.41, 5.74) is 0.580. The Balaban J connectivity index is 2.16. The number of nitrogens with one attached hydrogen (secondary N) is 1. The number of halogens is 1. The molecule has 4 heteroatoms. The predicted molar refractivity (Wildman–Crippen MR) is 60.8 cm³/mol. The Morgan fingerprint density at radius 3 is 3.07 bits per heavy atom. The van der Waals surface area contributed by atoms with Gasteiger partial charge in [-0.3, -0.25) is 0 Å². The molecular formula is C11H11BrN2O. The van der Waals surface area contributed by atoms with Crippen molar-refractivity contribution in [3.05, 3.63) is 28.2 Å². The van der Waals surface area contributed by atoms with Crippen molar-refractivity contribution in [1.29, 1.82) is 5.26 Å². The van der Waals surface area contributed by atoms with Crippen LogP contribution in [0, 0.1) is 11.3 Å². The smallest absolute Gasteiger partial charge is 0.137 e. The van der Waals surface area contributed by atoms with Crippen LogP contribution in [0.15, 0.2) is 22.7 Å². The fourth-order valence-corrected chi connectivity index (χ4v) is 1.96. The van der Waals surface area contributed by atoms with Crippen LogP contribution in [-0.2, 0) is 0 Å². The second kappa shape index (κ2) is 4.65. The summed E-state index contributed by atoms with van der Waals surface area (Å²) in [4.78, 5) is 0. The van der Waals surface area contributed by atoms with Crippen LogP contribution in [0.1, 0.15) is 12.0 Å². The number of nitriles is 1. The van der Waals surface area contributed by atoms with E-state index in [1.54, 1.807) is 6.07 Å². The van der Waals surface area contributed by atoms with Gasteiger partial charge in [-0.05, 0) is 31.2 Å². The minimum atomic E-state index is 0.193. The van der Waals surface area contributed by atoms with Crippen LogP contribution in [0.4, 0.5) is 0 Å². The van der Waals surface area contributed by atoms with Gasteiger partial charge in [-0.2, -0.15) is 5.26 Å². The number of hydrogen-bond donors (Lipinski definition) is 1. The van der Waals surface area contributed by atoms with Gasteiger partial charge < -0.3 is 10.1 Å². The van der Waals surface area contributed by atoms with Crippen molar-refractivity contribution >= 4 is 15.9 Å². The molecular weight excluding hydrogens is 256 g/mol. The summed E-state index contributed by atoms with van der Waals surface area (Å²) in [6.45, 7) is 1.85. The molecule has 1 N–H and O–H groups in total. The van der Waals surface area contributed by atoms with Crippen molar-refractivity contribution in [2.45, 2.75) is 12.5 Å². The second-order valence-electron chi connectivity index (χ2n) is 3.48. The minimum absolute atomic E-state index is 0.193. The third-order valence-corrected chi connectivity index (χ3v) is 2.86. The van der Waals surface area contributed by atoms with Gasteiger partial charge in [0.15, 0.2) is 0 Å². The molecule has 1 atom stereocenters. The number of benzene rings is 1. The number of hydrogen-bond acceptors (Lipinski definition) is 3. The average molecular weight is 267 g/mol. The molecule has 1 aliphatic heterocycles. The molecule has 2 rings (SSSR count). The third kappa shape index (κ3) is 2.49. The maximum absolute atomic E-state index is 8.95. The molecule has 15 heavy (non-hydrogen) atoms. The van der Waals surface area contributed by atoms with E-state index in [2.05, 4.69) is 27.3 Å². The summed E-state index contributed by atoms with van der Waals surface area (Å²) in [6.07, 6.45) is 1.19. The maximum Gasteiger partial charge on any atom is 0.137 e. The summed E-state index contributed by atoms with van der Waals surface area (Å²) in [6, 6.07) is 7.63. The summed E-state index contributed by atoms with van der Waals surface area (Å²) >= 11 is 3.33. The topological polar surface area (TPSA) is 45.0 Å². The van der Waals surface area contributed by atoms with Crippen molar-refractivity contribution in [3.63, 3.8) is 0 Å². The molecule has 0 aliphatic carbocycles. The molecule has 0 saturated carbocycles. The standard InChI is InChI=1S/C11H11BrN2O/c12-9-1-2-11(8(5-9)6-13)15-10-3-4-14-7-10/h1-2,5,10,14H,3-4,7H2. The molecule has 0 aromatic heterocycles. The van der Waals surface area contributed by atoms with Crippen LogP contribution in [0.2, 0.25) is 0 Å². The van der Waals surface area contributed by atoms with E-state index >= 15 is 0 Å². The average Bonchev–Trinajstić information content (AvgIpc) is 2.73. The Bertz CT molecular complexity index is 394. The summed E-state index contributed by atoms with van der Waals surface area (Å²) in [5.74, 6) is 0.675. The van der Waals surface area contributed by atoms with E-state index in [1.807, 2.05) is 12.1 Å². The monoisotopic (exact) mass is 266 g/mol. The van der Waals surface area contributed by atoms with Gasteiger partial charge >= 0.3 is 0 Å². The molecule has 1 unspecified atom stereocenters. The first kappa shape index (κ1) is 10.5. The zero-order valence-corrected chi connectivity index (χ0v) is 9.75. The SMILES string of the molecule is N#Cc1cc(Br)ccc1OC1CCNC1. The van der Waals surface area contributed by atoms with E-state index in [0.29, 0.717) is 11.3 Å². The van der Waals surface area contributed by atoms with Crippen molar-refractivity contribution in [2.24, 2.45) is 0 Å². The van der Waals surface area contributed by atoms with Gasteiger partial charge in [-0.25, -0.2) is 0 Å². The van der Waals surface area contributed by atoms with Crippen LogP contribution >= 0.6 is 15.9 Å². The first-order valence-corrected chi connectivity index (χ1v) is 5.66. The van der Waals surface area contributed by atoms with Crippen molar-refractivity contribution < 1.29 is 4.74 Å². The molecule has 0 spiro atoms. The van der Waals surface area contributed by atoms with Crippen molar-refractivity contribution in [1.82, 2.24) is 5.32 Å². The summed E-state index contributed by atoms with van der Waals surface area (Å²) < 4.78 is 6.65. The Hall–Kier alpha value is -1.05. The first-order valence-electron chi connectivity index (χ1n) is 4.86. The van der Waals surface area contributed by atoms with Gasteiger partial charge in [0.2, 0.25) is 0 Å². The molecule has 1 fully saturated rings. The molecule has 78 valence electrons. The van der Waals surface area contributed by atoms with Crippen LogP contribution in [0.5, 0.6) is 5.75 Å². The number of ether oxygens (including phenoxy) is 1. The third-order valence-electron chi connectivity index (χ3n) is 2.37. The Labute approximate surface area is 97.2 Å². The fourth-order valence-electron chi connectivity index (χ4n) is 1.60. The molecule has 3 nitrogen and oxygen atoms in total. The Kier molecular flexibility index (Phi) is 3.24. The van der Waals surface area contributed by atoms with E-state index < -0.39 is 0 Å². The molecule has 0 radical (unpaired) electrons. The van der Waals surface area contributed by atoms with Crippen LogP contribution in [0.25, 0.3) is 0 Å². The van der Waals surface area contributed by atoms with Crippen molar-refractivity contribution in [3.8, 4) is 11.8 Å². The number of nitrogens with zero attached hydrogens (tertiary/aromatic N) is 1. The summed E-state index contributed by atoms with van der Waals surface area (Å²) in [5, 5.41) is 12.2. The molecule has 0 amide bonds. The largest absolute Gasteiger partial charge is 0.488 e. The lowest BCUT2D eigenvalue weighted by Crippen LogP contribution is -2.19. The normalized spacial score (nSPS) is 19.9. The lowest BCUT2D eigenvalue weighted by Gasteiger charge is -2.13. The molecule has 1 heterocycles. The highest BCUT2D eigenvalue weighted by Crippen LogP contribution is 2.24. The number of rotatable bonds is 2. The van der Waals surface area contributed by atoms with Crippen LogP contribution < -0.4 is 10.1 Å². The Morgan fingerprint density at radius 1 is 1.53 bits per heavy atom. The van der Waals surface area contributed by atoms with Crippen LogP contribution in [-0.4, -0.2) is 19.2 Å². The Morgan fingerprint density at radius 2 is 2.40 bits per heavy atom. The predicted octanol–water partition coefficient (Wildman–Crippen LogP) is 2.06. The molecule has 1 aliphatic rings. The maximum atomic E-state index is 8.95. The van der Waals surface area contributed by atoms with Gasteiger partial charge in [0.25, 0.3) is 0 Å². The van der Waals surface area contributed by atoms with E-state index in [0.717, 1.165) is 24.0 Å². The summed E-state index contributed by atoms with van der Waals surface area (Å²) in [7, 11) is 0. The zero-order valence-electron chi connectivity index (χ0n) is 8.16. The van der Waals surface area contributed by atoms with E-state index in [-0.39, 0.29) is 6.10 Å². The van der Waals surface area contributed by atoms with E-state index in [1.165, 1.54) is 0 Å². The molecule has 1 aromatic carbocycles. The van der Waals surface area contributed by atoms with Crippen molar-refractivity contribution in [2.75, 3.05) is 13.1 Å². The first-order chi connectivity index (χ1) is 7.29. The van der Waals surface area contributed by atoms with E-state index in [4.69, 9.17) is 10.00 Å². The fraction of sp³-hybridized carbons (Fsp3) is 0.364. The van der Waals surface area contributed by atoms with Gasteiger partial charge in [0.05, 0.1) is 5.56 Å². The zero-order chi connectivity index (χ0) is 10.7. The van der Waals surface area contributed by atoms with Gasteiger partial charge in [0, 0.05) is 11.0 Å². The van der Waals surface area contributed by atoms with Gasteiger partial charge in [-0.15, -0.1) is 0 Å². The van der Waals surface area contributed by atoms with Gasteiger partial charge in [0.1, 0.15) is 17.9 Å². The molecule has 0 bridgehead atoms. The van der Waals surface area contributed by atoms with Gasteiger partial charge in [-0.1, -0.05) is 15.9 Å². The highest BCUT2D eigenvalue weighted by atomic mass is 79.9. The van der Waals surface area contributed by atoms with Crippen LogP contribution in [0.3, 0.4) is 0 Å². The highest BCUT2D eigenvalue weighted by Gasteiger charge is 2.17. The molecule has 1 saturated heterocycles.